The van der Waals surface area contributed by atoms with Crippen LogP contribution in [0.5, 0.6) is 0 Å². The van der Waals surface area contributed by atoms with E-state index in [0.29, 0.717) is 0 Å². The molecule has 2 heteroatoms. The second kappa shape index (κ2) is 5.33. The maximum atomic E-state index is 4.49. The average Bonchev–Trinajstić information content (AvgIpc) is 2.90. The Morgan fingerprint density at radius 2 is 1.60 bits per heavy atom. The second-order valence-electron chi connectivity index (χ2n) is 5.17. The molecule has 0 aliphatic carbocycles. The number of nitrogens with zero attached hydrogens (tertiary/aromatic N) is 2. The van der Waals surface area contributed by atoms with Gasteiger partial charge < -0.3 is 0 Å². The van der Waals surface area contributed by atoms with E-state index in [1.54, 1.807) is 0 Å². The molecule has 2 nitrogen and oxygen atoms in total. The molecular formula is C18H18N2. The molecule has 1 aromatic heterocycles. The Labute approximate surface area is 119 Å². The van der Waals surface area contributed by atoms with Gasteiger partial charge in [-0.25, -0.2) is 0 Å². The molecule has 0 N–H and O–H groups in total. The first kappa shape index (κ1) is 12.7. The molecule has 0 amide bonds. The molecule has 100 valence electrons. The van der Waals surface area contributed by atoms with Crippen molar-refractivity contribution in [2.24, 2.45) is 0 Å². The number of hydrogen-bond acceptors (Lipinski definition) is 1. The molecule has 0 aliphatic rings. The van der Waals surface area contributed by atoms with Crippen LogP contribution in [0.2, 0.25) is 0 Å². The molecule has 20 heavy (non-hydrogen) atoms. The van der Waals surface area contributed by atoms with Crippen LogP contribution in [-0.4, -0.2) is 9.78 Å². The van der Waals surface area contributed by atoms with Gasteiger partial charge in [-0.1, -0.05) is 48.5 Å². The summed E-state index contributed by atoms with van der Waals surface area (Å²) in [6.45, 7) is 5.09. The van der Waals surface area contributed by atoms with E-state index in [0.717, 1.165) is 6.54 Å². The molecule has 0 saturated carbocycles. The lowest BCUT2D eigenvalue weighted by molar-refractivity contribution is 0.684. The van der Waals surface area contributed by atoms with E-state index in [9.17, 15) is 0 Å². The Hall–Kier alpha value is -2.35. The van der Waals surface area contributed by atoms with Gasteiger partial charge in [0.15, 0.2) is 0 Å². The smallest absolute Gasteiger partial charge is 0.0662 e. The molecule has 0 saturated heterocycles. The van der Waals surface area contributed by atoms with Gasteiger partial charge in [-0.3, -0.25) is 4.68 Å². The Morgan fingerprint density at radius 3 is 2.35 bits per heavy atom. The van der Waals surface area contributed by atoms with Gasteiger partial charge in [0, 0.05) is 11.8 Å². The highest BCUT2D eigenvalue weighted by molar-refractivity contribution is 5.65. The fourth-order valence-electron chi connectivity index (χ4n) is 2.45. The maximum Gasteiger partial charge on any atom is 0.0662 e. The summed E-state index contributed by atoms with van der Waals surface area (Å²) >= 11 is 0. The number of aromatic nitrogens is 2. The molecule has 0 fully saturated rings. The minimum Gasteiger partial charge on any atom is -0.268 e. The molecule has 3 aromatic rings. The molecular weight excluding hydrogens is 244 g/mol. The van der Waals surface area contributed by atoms with Crippen molar-refractivity contribution in [3.8, 4) is 11.1 Å². The predicted molar refractivity (Wildman–Crippen MR) is 82.7 cm³/mol. The van der Waals surface area contributed by atoms with Gasteiger partial charge in [0.25, 0.3) is 0 Å². The molecule has 0 unspecified atom stereocenters. The van der Waals surface area contributed by atoms with E-state index in [1.165, 1.54) is 27.8 Å². The molecule has 0 spiro atoms. The Balaban J connectivity index is 1.88. The minimum atomic E-state index is 0.818. The molecule has 0 radical (unpaired) electrons. The summed E-state index contributed by atoms with van der Waals surface area (Å²) < 4.78 is 2.00. The number of aryl methyl sites for hydroxylation is 2. The lowest BCUT2D eigenvalue weighted by atomic mass is 10.0. The van der Waals surface area contributed by atoms with Gasteiger partial charge in [0.1, 0.15) is 0 Å². The minimum absolute atomic E-state index is 0.818. The van der Waals surface area contributed by atoms with E-state index in [-0.39, 0.29) is 0 Å². The van der Waals surface area contributed by atoms with Crippen LogP contribution >= 0.6 is 0 Å². The van der Waals surface area contributed by atoms with Crippen molar-refractivity contribution in [2.45, 2.75) is 20.4 Å². The fourth-order valence-corrected chi connectivity index (χ4v) is 2.45. The van der Waals surface area contributed by atoms with Crippen LogP contribution in [0.4, 0.5) is 0 Å². The Morgan fingerprint density at radius 1 is 0.900 bits per heavy atom. The summed E-state index contributed by atoms with van der Waals surface area (Å²) in [7, 11) is 0. The lowest BCUT2D eigenvalue weighted by Crippen LogP contribution is -2.01. The first-order chi connectivity index (χ1) is 9.74. The topological polar surface area (TPSA) is 17.8 Å². The van der Waals surface area contributed by atoms with Crippen molar-refractivity contribution in [3.63, 3.8) is 0 Å². The number of benzene rings is 2. The second-order valence-corrected chi connectivity index (χ2v) is 5.17. The van der Waals surface area contributed by atoms with Gasteiger partial charge in [-0.05, 0) is 36.1 Å². The van der Waals surface area contributed by atoms with Crippen molar-refractivity contribution in [1.82, 2.24) is 9.78 Å². The summed E-state index contributed by atoms with van der Waals surface area (Å²) in [5.74, 6) is 0. The highest BCUT2D eigenvalue weighted by Gasteiger charge is 2.05. The van der Waals surface area contributed by atoms with Crippen molar-refractivity contribution in [1.29, 1.82) is 0 Å². The van der Waals surface area contributed by atoms with E-state index >= 15 is 0 Å². The first-order valence-electron chi connectivity index (χ1n) is 6.87. The summed E-state index contributed by atoms with van der Waals surface area (Å²) in [4.78, 5) is 0. The van der Waals surface area contributed by atoms with Gasteiger partial charge in [-0.15, -0.1) is 0 Å². The summed E-state index contributed by atoms with van der Waals surface area (Å²) in [6.07, 6.45) is 4.06. The van der Waals surface area contributed by atoms with Crippen LogP contribution in [0.15, 0.2) is 60.9 Å². The molecule has 3 rings (SSSR count). The molecule has 0 atom stereocenters. The van der Waals surface area contributed by atoms with Crippen molar-refractivity contribution in [3.05, 3.63) is 77.6 Å². The summed E-state index contributed by atoms with van der Waals surface area (Å²) in [5, 5.41) is 4.49. The van der Waals surface area contributed by atoms with Gasteiger partial charge in [-0.2, -0.15) is 5.10 Å². The molecule has 2 aromatic carbocycles. The van der Waals surface area contributed by atoms with E-state index in [2.05, 4.69) is 73.7 Å². The normalized spacial score (nSPS) is 10.7. The zero-order valence-electron chi connectivity index (χ0n) is 11.9. The first-order valence-corrected chi connectivity index (χ1v) is 6.87. The zero-order chi connectivity index (χ0) is 13.9. The average molecular weight is 262 g/mol. The number of rotatable bonds is 3. The third-order valence-corrected chi connectivity index (χ3v) is 3.68. The summed E-state index contributed by atoms with van der Waals surface area (Å²) in [5.41, 5.74) is 6.33. The summed E-state index contributed by atoms with van der Waals surface area (Å²) in [6, 6.07) is 16.9. The molecule has 0 bridgehead atoms. The maximum absolute atomic E-state index is 4.49. The quantitative estimate of drug-likeness (QED) is 0.691. The lowest BCUT2D eigenvalue weighted by Gasteiger charge is -2.05. The van der Waals surface area contributed by atoms with Crippen LogP contribution in [0.1, 0.15) is 16.7 Å². The third kappa shape index (κ3) is 2.50. The largest absolute Gasteiger partial charge is 0.268 e. The van der Waals surface area contributed by atoms with Crippen LogP contribution in [0.3, 0.4) is 0 Å². The molecule has 1 heterocycles. The van der Waals surface area contributed by atoms with Gasteiger partial charge in [0.05, 0.1) is 12.7 Å². The third-order valence-electron chi connectivity index (χ3n) is 3.68. The fraction of sp³-hybridized carbons (Fsp3) is 0.167. The van der Waals surface area contributed by atoms with Crippen LogP contribution in [-0.2, 0) is 6.54 Å². The van der Waals surface area contributed by atoms with Crippen LogP contribution in [0.25, 0.3) is 11.1 Å². The van der Waals surface area contributed by atoms with Crippen molar-refractivity contribution in [2.75, 3.05) is 0 Å². The highest BCUT2D eigenvalue weighted by atomic mass is 15.3. The molecule has 0 aliphatic heterocycles. The Bertz CT molecular complexity index is 726. The standard InChI is InChI=1S/C18H18N2/c1-14-7-3-5-9-16(14)12-20-13-17(11-19-20)18-10-6-4-8-15(18)2/h3-11,13H,12H2,1-2H3. The van der Waals surface area contributed by atoms with E-state index in [1.807, 2.05) is 10.9 Å². The highest BCUT2D eigenvalue weighted by Crippen LogP contribution is 2.22. The van der Waals surface area contributed by atoms with E-state index in [4.69, 9.17) is 0 Å². The monoisotopic (exact) mass is 262 g/mol. The predicted octanol–water partition coefficient (Wildman–Crippen LogP) is 4.22. The van der Waals surface area contributed by atoms with E-state index < -0.39 is 0 Å². The SMILES string of the molecule is Cc1ccccc1Cn1cc(-c2ccccc2C)cn1. The van der Waals surface area contributed by atoms with Crippen LogP contribution in [0, 0.1) is 13.8 Å². The van der Waals surface area contributed by atoms with Crippen molar-refractivity contribution >= 4 is 0 Å². The Kier molecular flexibility index (Phi) is 3.38. The zero-order valence-corrected chi connectivity index (χ0v) is 11.9. The van der Waals surface area contributed by atoms with Crippen LogP contribution < -0.4 is 0 Å². The van der Waals surface area contributed by atoms with Gasteiger partial charge >= 0.3 is 0 Å². The van der Waals surface area contributed by atoms with Crippen molar-refractivity contribution < 1.29 is 0 Å². The number of hydrogen-bond donors (Lipinski definition) is 0. The van der Waals surface area contributed by atoms with Gasteiger partial charge in [0.2, 0.25) is 0 Å².